The molecule has 0 unspecified atom stereocenters. The Kier molecular flexibility index (Phi) is 2.51. The lowest BCUT2D eigenvalue weighted by molar-refractivity contribution is -0.593. The molecule has 0 bridgehead atoms. The molecular formula is C7H11NO5. The quantitative estimate of drug-likeness (QED) is 0.370. The first-order valence-corrected chi connectivity index (χ1v) is 3.89. The van der Waals surface area contributed by atoms with Crippen LogP contribution in [0, 0.1) is 16.0 Å². The molecule has 0 heterocycles. The highest BCUT2D eigenvalue weighted by Crippen LogP contribution is 2.40. The number of hydrogen-bond donors (Lipinski definition) is 1. The third-order valence-corrected chi connectivity index (χ3v) is 2.47. The largest absolute Gasteiger partial charge is 0.469 e. The Balaban J connectivity index is 2.54. The maximum absolute atomic E-state index is 10.9. The average Bonchev–Trinajstić information content (AvgIpc) is 2.02. The Morgan fingerprint density at radius 1 is 1.77 bits per heavy atom. The Hall–Kier alpha value is -1.17. The Morgan fingerprint density at radius 2 is 2.31 bits per heavy atom. The van der Waals surface area contributed by atoms with Gasteiger partial charge in [-0.25, -0.2) is 0 Å². The molecule has 0 amide bonds. The van der Waals surface area contributed by atoms with E-state index in [1.54, 1.807) is 0 Å². The first-order valence-electron chi connectivity index (χ1n) is 3.89. The van der Waals surface area contributed by atoms with Crippen LogP contribution < -0.4 is 0 Å². The van der Waals surface area contributed by atoms with Crippen LogP contribution in [0.15, 0.2) is 0 Å². The fraction of sp³-hybridized carbons (Fsp3) is 0.857. The van der Waals surface area contributed by atoms with Crippen LogP contribution >= 0.6 is 0 Å². The van der Waals surface area contributed by atoms with Crippen molar-refractivity contribution in [2.75, 3.05) is 13.7 Å². The summed E-state index contributed by atoms with van der Waals surface area (Å²) in [6.45, 7) is -0.520. The van der Waals surface area contributed by atoms with Crippen molar-refractivity contribution in [1.82, 2.24) is 0 Å². The van der Waals surface area contributed by atoms with E-state index < -0.39 is 29.0 Å². The molecule has 0 aromatic carbocycles. The number of esters is 1. The first kappa shape index (κ1) is 9.91. The molecule has 0 aromatic rings. The molecule has 1 aliphatic carbocycles. The second-order valence-electron chi connectivity index (χ2n) is 3.27. The average molecular weight is 189 g/mol. The van der Waals surface area contributed by atoms with Crippen molar-refractivity contribution in [3.8, 4) is 0 Å². The lowest BCUT2D eigenvalue weighted by Gasteiger charge is -2.36. The molecule has 1 saturated carbocycles. The maximum Gasteiger partial charge on any atom is 0.309 e. The van der Waals surface area contributed by atoms with Crippen LogP contribution in [-0.4, -0.2) is 35.3 Å². The zero-order valence-electron chi connectivity index (χ0n) is 7.23. The molecule has 6 heteroatoms. The number of hydrogen-bond acceptors (Lipinski definition) is 5. The minimum atomic E-state index is -1.31. The highest BCUT2D eigenvalue weighted by molar-refractivity contribution is 5.73. The first-order chi connectivity index (χ1) is 6.05. The zero-order valence-corrected chi connectivity index (χ0v) is 7.23. The SMILES string of the molecule is COC(=O)[C@H]1C[C@@](CO)([N+](=O)[O-])C1. The van der Waals surface area contributed by atoms with E-state index in [0.29, 0.717) is 0 Å². The van der Waals surface area contributed by atoms with Gasteiger partial charge in [0, 0.05) is 17.8 Å². The van der Waals surface area contributed by atoms with Crippen LogP contribution in [0.25, 0.3) is 0 Å². The zero-order chi connectivity index (χ0) is 10.1. The summed E-state index contributed by atoms with van der Waals surface area (Å²) in [5.74, 6) is -0.867. The second-order valence-corrected chi connectivity index (χ2v) is 3.27. The van der Waals surface area contributed by atoms with Crippen LogP contribution in [0.5, 0.6) is 0 Å². The predicted octanol–water partition coefficient (Wildman–Crippen LogP) is -0.423. The van der Waals surface area contributed by atoms with E-state index in [0.717, 1.165) is 0 Å². The topological polar surface area (TPSA) is 89.7 Å². The van der Waals surface area contributed by atoms with Gasteiger partial charge in [0.15, 0.2) is 0 Å². The van der Waals surface area contributed by atoms with Crippen molar-refractivity contribution in [2.24, 2.45) is 5.92 Å². The maximum atomic E-state index is 10.9. The van der Waals surface area contributed by atoms with Gasteiger partial charge in [-0.05, 0) is 0 Å². The van der Waals surface area contributed by atoms with Crippen molar-refractivity contribution in [3.63, 3.8) is 0 Å². The molecule has 0 aromatic heterocycles. The van der Waals surface area contributed by atoms with E-state index in [9.17, 15) is 14.9 Å². The lowest BCUT2D eigenvalue weighted by Crippen LogP contribution is -2.55. The number of carbonyl (C=O) groups excluding carboxylic acids is 1. The number of aliphatic hydroxyl groups excluding tert-OH is 1. The molecule has 6 nitrogen and oxygen atoms in total. The van der Waals surface area contributed by atoms with Gasteiger partial charge in [0.05, 0.1) is 13.0 Å². The van der Waals surface area contributed by atoms with E-state index in [2.05, 4.69) is 4.74 Å². The van der Waals surface area contributed by atoms with Crippen LogP contribution in [0.1, 0.15) is 12.8 Å². The minimum Gasteiger partial charge on any atom is -0.469 e. The van der Waals surface area contributed by atoms with Gasteiger partial charge in [0.1, 0.15) is 6.61 Å². The van der Waals surface area contributed by atoms with Crippen LogP contribution in [0.4, 0.5) is 0 Å². The number of methoxy groups -OCH3 is 1. The van der Waals surface area contributed by atoms with Gasteiger partial charge in [-0.2, -0.15) is 0 Å². The predicted molar refractivity (Wildman–Crippen MR) is 41.6 cm³/mol. The molecule has 1 aliphatic rings. The molecule has 1 rings (SSSR count). The molecular weight excluding hydrogens is 178 g/mol. The smallest absolute Gasteiger partial charge is 0.309 e. The van der Waals surface area contributed by atoms with Crippen molar-refractivity contribution in [1.29, 1.82) is 0 Å². The Bertz CT molecular complexity index is 233. The van der Waals surface area contributed by atoms with Crippen molar-refractivity contribution < 1.29 is 19.6 Å². The number of rotatable bonds is 3. The highest BCUT2D eigenvalue weighted by Gasteiger charge is 2.57. The third kappa shape index (κ3) is 1.49. The van der Waals surface area contributed by atoms with Crippen LogP contribution in [-0.2, 0) is 9.53 Å². The molecule has 13 heavy (non-hydrogen) atoms. The van der Waals surface area contributed by atoms with E-state index >= 15 is 0 Å². The molecule has 0 aliphatic heterocycles. The van der Waals surface area contributed by atoms with E-state index in [-0.39, 0.29) is 12.8 Å². The van der Waals surface area contributed by atoms with Gasteiger partial charge >= 0.3 is 5.97 Å². The van der Waals surface area contributed by atoms with Gasteiger partial charge in [0.2, 0.25) is 5.54 Å². The fourth-order valence-electron chi connectivity index (χ4n) is 1.53. The Labute approximate surface area is 74.6 Å². The molecule has 1 N–H and O–H groups in total. The van der Waals surface area contributed by atoms with E-state index in [4.69, 9.17) is 5.11 Å². The van der Waals surface area contributed by atoms with Gasteiger partial charge in [-0.3, -0.25) is 14.9 Å². The second kappa shape index (κ2) is 3.29. The van der Waals surface area contributed by atoms with E-state index in [1.165, 1.54) is 7.11 Å². The van der Waals surface area contributed by atoms with Crippen LogP contribution in [0.2, 0.25) is 0 Å². The number of nitro groups is 1. The third-order valence-electron chi connectivity index (χ3n) is 2.47. The number of ether oxygens (including phenoxy) is 1. The highest BCUT2D eigenvalue weighted by atomic mass is 16.6. The van der Waals surface area contributed by atoms with Gasteiger partial charge in [0.25, 0.3) is 0 Å². The minimum absolute atomic E-state index is 0.0726. The molecule has 74 valence electrons. The summed E-state index contributed by atoms with van der Waals surface area (Å²) < 4.78 is 4.43. The van der Waals surface area contributed by atoms with Crippen molar-refractivity contribution in [3.05, 3.63) is 10.1 Å². The summed E-state index contributed by atoms with van der Waals surface area (Å²) in [6.07, 6.45) is 0.145. The lowest BCUT2D eigenvalue weighted by atomic mass is 9.69. The van der Waals surface area contributed by atoms with Gasteiger partial charge < -0.3 is 9.84 Å². The number of carbonyl (C=O) groups is 1. The monoisotopic (exact) mass is 189 g/mol. The Morgan fingerprint density at radius 3 is 2.62 bits per heavy atom. The molecule has 0 saturated heterocycles. The van der Waals surface area contributed by atoms with E-state index in [1.807, 2.05) is 0 Å². The number of aliphatic hydroxyl groups is 1. The molecule has 0 atom stereocenters. The van der Waals surface area contributed by atoms with Crippen LogP contribution in [0.3, 0.4) is 0 Å². The van der Waals surface area contributed by atoms with Crippen molar-refractivity contribution in [2.45, 2.75) is 18.4 Å². The summed E-state index contributed by atoms with van der Waals surface area (Å²) in [6, 6.07) is 0. The molecule has 0 spiro atoms. The summed E-state index contributed by atoms with van der Waals surface area (Å²) >= 11 is 0. The normalized spacial score (nSPS) is 32.0. The summed E-state index contributed by atoms with van der Waals surface area (Å²) in [7, 11) is 1.24. The number of nitrogens with zero attached hydrogens (tertiary/aromatic N) is 1. The molecule has 0 radical (unpaired) electrons. The summed E-state index contributed by atoms with van der Waals surface area (Å²) in [5.41, 5.74) is -1.31. The van der Waals surface area contributed by atoms with Gasteiger partial charge in [-0.15, -0.1) is 0 Å². The molecule has 1 fully saturated rings. The standard InChI is InChI=1S/C7H11NO5/c1-13-6(10)5-2-7(3-5,4-9)8(11)12/h5,9H,2-4H2,1H3/t5-,7+. The van der Waals surface area contributed by atoms with Crippen molar-refractivity contribution >= 4 is 5.97 Å². The fourth-order valence-corrected chi connectivity index (χ4v) is 1.53. The van der Waals surface area contributed by atoms with Gasteiger partial charge in [-0.1, -0.05) is 0 Å². The summed E-state index contributed by atoms with van der Waals surface area (Å²) in [4.78, 5) is 20.9. The summed E-state index contributed by atoms with van der Waals surface area (Å²) in [5, 5.41) is 19.3.